The summed E-state index contributed by atoms with van der Waals surface area (Å²) in [5, 5.41) is 10.6. The lowest BCUT2D eigenvalue weighted by molar-refractivity contribution is -0.387. The number of benzene rings is 1. The lowest BCUT2D eigenvalue weighted by atomic mass is 10.2. The van der Waals surface area contributed by atoms with Crippen molar-refractivity contribution < 1.29 is 27.2 Å². The fourth-order valence-corrected chi connectivity index (χ4v) is 2.10. The predicted octanol–water partition coefficient (Wildman–Crippen LogP) is 3.23. The SMILES string of the molecule is O=[N+]([O-])c1ccc(N2CCCC2)c(OC(F)(F)F)c1F. The minimum absolute atomic E-state index is 0.122. The predicted molar refractivity (Wildman–Crippen MR) is 61.2 cm³/mol. The van der Waals surface area contributed by atoms with Crippen molar-refractivity contribution in [1.82, 2.24) is 0 Å². The van der Waals surface area contributed by atoms with E-state index < -0.39 is 28.5 Å². The fourth-order valence-electron chi connectivity index (χ4n) is 2.10. The van der Waals surface area contributed by atoms with Crippen LogP contribution in [0.15, 0.2) is 12.1 Å². The van der Waals surface area contributed by atoms with Gasteiger partial charge < -0.3 is 9.64 Å². The summed E-state index contributed by atoms with van der Waals surface area (Å²) in [5.41, 5.74) is -1.17. The van der Waals surface area contributed by atoms with E-state index in [1.165, 1.54) is 4.90 Å². The maximum Gasteiger partial charge on any atom is 0.573 e. The molecule has 0 spiro atoms. The van der Waals surface area contributed by atoms with E-state index in [4.69, 9.17) is 0 Å². The van der Waals surface area contributed by atoms with Gasteiger partial charge in [-0.3, -0.25) is 10.1 Å². The first-order valence-electron chi connectivity index (χ1n) is 5.77. The van der Waals surface area contributed by atoms with Crippen molar-refractivity contribution in [3.05, 3.63) is 28.1 Å². The van der Waals surface area contributed by atoms with Crippen LogP contribution >= 0.6 is 0 Å². The maximum absolute atomic E-state index is 13.9. The number of hydrogen-bond acceptors (Lipinski definition) is 4. The Balaban J connectivity index is 2.50. The Kier molecular flexibility index (Phi) is 3.69. The summed E-state index contributed by atoms with van der Waals surface area (Å²) < 4.78 is 54.6. The van der Waals surface area contributed by atoms with E-state index in [9.17, 15) is 27.7 Å². The summed E-state index contributed by atoms with van der Waals surface area (Å²) in [6.45, 7) is 0.900. The van der Waals surface area contributed by atoms with Crippen molar-refractivity contribution >= 4 is 11.4 Å². The molecule has 0 unspecified atom stereocenters. The van der Waals surface area contributed by atoms with E-state index in [2.05, 4.69) is 4.74 Å². The first-order chi connectivity index (χ1) is 9.29. The molecule has 1 fully saturated rings. The van der Waals surface area contributed by atoms with Crippen molar-refractivity contribution in [2.24, 2.45) is 0 Å². The van der Waals surface area contributed by atoms with Gasteiger partial charge in [0.15, 0.2) is 5.75 Å². The molecule has 0 bridgehead atoms. The van der Waals surface area contributed by atoms with Gasteiger partial charge in [-0.1, -0.05) is 0 Å². The van der Waals surface area contributed by atoms with Gasteiger partial charge in [0.2, 0.25) is 5.82 Å². The topological polar surface area (TPSA) is 55.6 Å². The molecule has 110 valence electrons. The van der Waals surface area contributed by atoms with Gasteiger partial charge in [0, 0.05) is 19.2 Å². The van der Waals surface area contributed by atoms with E-state index >= 15 is 0 Å². The fraction of sp³-hybridized carbons (Fsp3) is 0.455. The minimum atomic E-state index is -5.12. The van der Waals surface area contributed by atoms with Crippen molar-refractivity contribution in [2.75, 3.05) is 18.0 Å². The first kappa shape index (κ1) is 14.4. The molecule has 2 rings (SSSR count). The van der Waals surface area contributed by atoms with Crippen molar-refractivity contribution in [3.63, 3.8) is 0 Å². The lowest BCUT2D eigenvalue weighted by Crippen LogP contribution is -2.23. The van der Waals surface area contributed by atoms with Crippen molar-refractivity contribution in [2.45, 2.75) is 19.2 Å². The second-order valence-corrected chi connectivity index (χ2v) is 4.25. The van der Waals surface area contributed by atoms with Gasteiger partial charge in [-0.2, -0.15) is 4.39 Å². The van der Waals surface area contributed by atoms with Crippen LogP contribution in [0.5, 0.6) is 5.75 Å². The molecule has 1 saturated heterocycles. The minimum Gasteiger partial charge on any atom is -0.400 e. The number of nitro benzene ring substituents is 1. The summed E-state index contributed by atoms with van der Waals surface area (Å²) in [6, 6.07) is 1.92. The van der Waals surface area contributed by atoms with Gasteiger partial charge in [0.1, 0.15) is 0 Å². The highest BCUT2D eigenvalue weighted by Crippen LogP contribution is 2.40. The van der Waals surface area contributed by atoms with Gasteiger partial charge in [-0.25, -0.2) is 0 Å². The van der Waals surface area contributed by atoms with E-state index in [1.54, 1.807) is 0 Å². The molecular weight excluding hydrogens is 284 g/mol. The molecule has 1 aliphatic rings. The molecular formula is C11H10F4N2O3. The van der Waals surface area contributed by atoms with Crippen LogP contribution in [0, 0.1) is 15.9 Å². The van der Waals surface area contributed by atoms with Crippen LogP contribution in [0.3, 0.4) is 0 Å². The second-order valence-electron chi connectivity index (χ2n) is 4.25. The molecule has 20 heavy (non-hydrogen) atoms. The number of hydrogen-bond donors (Lipinski definition) is 0. The number of anilines is 1. The highest BCUT2D eigenvalue weighted by molar-refractivity contribution is 5.64. The normalized spacial score (nSPS) is 15.5. The molecule has 0 saturated carbocycles. The van der Waals surface area contributed by atoms with Crippen molar-refractivity contribution in [3.8, 4) is 5.75 Å². The van der Waals surface area contributed by atoms with Gasteiger partial charge in [-0.05, 0) is 18.9 Å². The lowest BCUT2D eigenvalue weighted by Gasteiger charge is -2.22. The van der Waals surface area contributed by atoms with Gasteiger partial charge >= 0.3 is 12.0 Å². The number of ether oxygens (including phenoxy) is 1. The third-order valence-electron chi connectivity index (χ3n) is 2.92. The van der Waals surface area contributed by atoms with Crippen LogP contribution in [0.2, 0.25) is 0 Å². The number of alkyl halides is 3. The second kappa shape index (κ2) is 5.14. The summed E-state index contributed by atoms with van der Waals surface area (Å²) in [6.07, 6.45) is -3.61. The third kappa shape index (κ3) is 2.91. The largest absolute Gasteiger partial charge is 0.573 e. The average Bonchev–Trinajstić information content (AvgIpc) is 2.83. The molecule has 0 radical (unpaired) electrons. The molecule has 1 aromatic rings. The molecule has 5 nitrogen and oxygen atoms in total. The molecule has 0 aromatic heterocycles. The Labute approximate surface area is 110 Å². The molecule has 1 aliphatic heterocycles. The van der Waals surface area contributed by atoms with Crippen molar-refractivity contribution in [1.29, 1.82) is 0 Å². The number of halogens is 4. The van der Waals surface area contributed by atoms with Crippen LogP contribution < -0.4 is 9.64 Å². The Bertz CT molecular complexity index is 527. The molecule has 1 aromatic carbocycles. The van der Waals surface area contributed by atoms with Gasteiger partial charge in [-0.15, -0.1) is 13.2 Å². The summed E-state index contributed by atoms with van der Waals surface area (Å²) in [7, 11) is 0. The van der Waals surface area contributed by atoms with Crippen LogP contribution in [-0.4, -0.2) is 24.4 Å². The zero-order chi connectivity index (χ0) is 14.9. The Morgan fingerprint density at radius 3 is 2.35 bits per heavy atom. The molecule has 0 amide bonds. The molecule has 0 aliphatic carbocycles. The Morgan fingerprint density at radius 2 is 1.85 bits per heavy atom. The quantitative estimate of drug-likeness (QED) is 0.488. The zero-order valence-electron chi connectivity index (χ0n) is 10.1. The standard InChI is InChI=1S/C11H10F4N2O3/c12-9-7(17(18)19)3-4-8(16-5-1-2-6-16)10(9)20-11(13,14)15/h3-4H,1-2,5-6H2. The summed E-state index contributed by atoms with van der Waals surface area (Å²) in [5.74, 6) is -2.76. The van der Waals surface area contributed by atoms with E-state index in [1.807, 2.05) is 0 Å². The smallest absolute Gasteiger partial charge is 0.400 e. The molecule has 9 heteroatoms. The Hall–Kier alpha value is -2.06. The average molecular weight is 294 g/mol. The highest BCUT2D eigenvalue weighted by Gasteiger charge is 2.37. The number of rotatable bonds is 3. The van der Waals surface area contributed by atoms with Crippen LogP contribution in [-0.2, 0) is 0 Å². The molecule has 1 heterocycles. The number of nitrogens with zero attached hydrogens (tertiary/aromatic N) is 2. The molecule has 0 atom stereocenters. The van der Waals surface area contributed by atoms with Crippen LogP contribution in [0.25, 0.3) is 0 Å². The molecule has 0 N–H and O–H groups in total. The summed E-state index contributed by atoms with van der Waals surface area (Å²) >= 11 is 0. The monoisotopic (exact) mass is 294 g/mol. The van der Waals surface area contributed by atoms with E-state index in [-0.39, 0.29) is 5.69 Å². The van der Waals surface area contributed by atoms with E-state index in [0.29, 0.717) is 13.1 Å². The zero-order valence-corrected chi connectivity index (χ0v) is 10.1. The van der Waals surface area contributed by atoms with Crippen LogP contribution in [0.4, 0.5) is 28.9 Å². The van der Waals surface area contributed by atoms with E-state index in [0.717, 1.165) is 25.0 Å². The van der Waals surface area contributed by atoms with Gasteiger partial charge in [0.25, 0.3) is 0 Å². The third-order valence-corrected chi connectivity index (χ3v) is 2.92. The Morgan fingerprint density at radius 1 is 1.25 bits per heavy atom. The maximum atomic E-state index is 13.9. The van der Waals surface area contributed by atoms with Gasteiger partial charge in [0.05, 0.1) is 10.6 Å². The van der Waals surface area contributed by atoms with Crippen LogP contribution in [0.1, 0.15) is 12.8 Å². The number of nitro groups is 1. The summed E-state index contributed by atoms with van der Waals surface area (Å²) in [4.78, 5) is 11.0. The first-order valence-corrected chi connectivity index (χ1v) is 5.77. The highest BCUT2D eigenvalue weighted by atomic mass is 19.4.